The van der Waals surface area contributed by atoms with Crippen LogP contribution in [-0.2, 0) is 15.6 Å². The van der Waals surface area contributed by atoms with Crippen molar-refractivity contribution in [3.63, 3.8) is 0 Å². The number of hydrogen-bond acceptors (Lipinski definition) is 2. The molecular formula is C14H18O2S. The van der Waals surface area contributed by atoms with Gasteiger partial charge in [-0.25, -0.2) is 0 Å². The molecule has 92 valence electrons. The molecule has 0 spiro atoms. The lowest BCUT2D eigenvalue weighted by molar-refractivity contribution is -0.120. The third kappa shape index (κ3) is 3.25. The monoisotopic (exact) mass is 250 g/mol. The van der Waals surface area contributed by atoms with Gasteiger partial charge in [-0.2, -0.15) is 0 Å². The van der Waals surface area contributed by atoms with E-state index in [-0.39, 0.29) is 5.92 Å². The fraction of sp³-hybridized carbons (Fsp3) is 0.500. The summed E-state index contributed by atoms with van der Waals surface area (Å²) in [7, 11) is -0.955. The van der Waals surface area contributed by atoms with E-state index in [0.717, 1.165) is 30.6 Å². The number of ketones is 1. The molecule has 1 aromatic carbocycles. The van der Waals surface area contributed by atoms with Gasteiger partial charge in [-0.3, -0.25) is 9.00 Å². The first-order chi connectivity index (χ1) is 8.16. The van der Waals surface area contributed by atoms with Crippen LogP contribution in [0.15, 0.2) is 29.2 Å². The Morgan fingerprint density at radius 1 is 1.29 bits per heavy atom. The minimum absolute atomic E-state index is 0.171. The summed E-state index contributed by atoms with van der Waals surface area (Å²) in [6, 6.07) is 7.80. The van der Waals surface area contributed by atoms with Crippen LogP contribution in [0.1, 0.15) is 31.2 Å². The summed E-state index contributed by atoms with van der Waals surface area (Å²) in [5.41, 5.74) is 1.18. The summed E-state index contributed by atoms with van der Waals surface area (Å²) in [6.45, 7) is 2.02. The molecule has 0 N–H and O–H groups in total. The zero-order valence-corrected chi connectivity index (χ0v) is 11.0. The minimum Gasteiger partial charge on any atom is -0.299 e. The van der Waals surface area contributed by atoms with Gasteiger partial charge in [0.25, 0.3) is 0 Å². The summed E-state index contributed by atoms with van der Waals surface area (Å²) in [6.07, 6.45) is 3.51. The predicted molar refractivity (Wildman–Crippen MR) is 69.4 cm³/mol. The normalized spacial score (nSPS) is 21.7. The van der Waals surface area contributed by atoms with Crippen LogP contribution in [0.25, 0.3) is 0 Å². The maximum Gasteiger partial charge on any atom is 0.136 e. The second-order valence-corrected chi connectivity index (χ2v) is 6.28. The Morgan fingerprint density at radius 3 is 2.59 bits per heavy atom. The van der Waals surface area contributed by atoms with Crippen LogP contribution < -0.4 is 0 Å². The van der Waals surface area contributed by atoms with Crippen molar-refractivity contribution < 1.29 is 9.00 Å². The number of aryl methyl sites for hydroxylation is 1. The van der Waals surface area contributed by atoms with Gasteiger partial charge in [0.2, 0.25) is 0 Å². The van der Waals surface area contributed by atoms with Gasteiger partial charge in [-0.05, 0) is 38.3 Å². The van der Waals surface area contributed by atoms with Crippen LogP contribution >= 0.6 is 0 Å². The highest BCUT2D eigenvalue weighted by Gasteiger charge is 2.24. The smallest absolute Gasteiger partial charge is 0.136 e. The quantitative estimate of drug-likeness (QED) is 0.823. The highest BCUT2D eigenvalue weighted by molar-refractivity contribution is 7.85. The maximum absolute atomic E-state index is 12.0. The maximum atomic E-state index is 12.0. The Morgan fingerprint density at radius 2 is 2.00 bits per heavy atom. The topological polar surface area (TPSA) is 34.1 Å². The van der Waals surface area contributed by atoms with Crippen LogP contribution in [0, 0.1) is 12.8 Å². The molecule has 1 aliphatic carbocycles. The molecule has 0 heterocycles. The number of Topliss-reactive ketones (excluding diaryl/α,β-unsaturated/α-hetero) is 1. The predicted octanol–water partition coefficient (Wildman–Crippen LogP) is 2.86. The molecule has 0 aromatic heterocycles. The van der Waals surface area contributed by atoms with E-state index in [9.17, 15) is 9.00 Å². The van der Waals surface area contributed by atoms with Crippen molar-refractivity contribution in [1.82, 2.24) is 0 Å². The van der Waals surface area contributed by atoms with Gasteiger partial charge in [-0.15, -0.1) is 0 Å². The first-order valence-electron chi connectivity index (χ1n) is 6.14. The van der Waals surface area contributed by atoms with Gasteiger partial charge in [0.05, 0.1) is 10.8 Å². The molecule has 2 unspecified atom stereocenters. The highest BCUT2D eigenvalue weighted by atomic mass is 32.2. The summed E-state index contributed by atoms with van der Waals surface area (Å²) in [4.78, 5) is 12.3. The van der Waals surface area contributed by atoms with E-state index < -0.39 is 10.8 Å². The average Bonchev–Trinajstić information content (AvgIpc) is 2.73. The van der Waals surface area contributed by atoms with Gasteiger partial charge < -0.3 is 0 Å². The third-order valence-corrected chi connectivity index (χ3v) is 4.77. The SMILES string of the molecule is Cc1ccc(S(=O)CCC2CCCC2=O)cc1. The summed E-state index contributed by atoms with van der Waals surface area (Å²) < 4.78 is 12.0. The average molecular weight is 250 g/mol. The summed E-state index contributed by atoms with van der Waals surface area (Å²) in [5.74, 6) is 1.15. The molecule has 0 saturated heterocycles. The van der Waals surface area contributed by atoms with Gasteiger partial charge in [0, 0.05) is 23.0 Å². The molecule has 2 atom stereocenters. The lowest BCUT2D eigenvalue weighted by Crippen LogP contribution is -2.10. The molecule has 2 nitrogen and oxygen atoms in total. The number of carbonyl (C=O) groups is 1. The van der Waals surface area contributed by atoms with Crippen molar-refractivity contribution in [3.8, 4) is 0 Å². The summed E-state index contributed by atoms with van der Waals surface area (Å²) >= 11 is 0. The van der Waals surface area contributed by atoms with E-state index in [4.69, 9.17) is 0 Å². The Hall–Kier alpha value is -0.960. The Kier molecular flexibility index (Phi) is 4.11. The molecule has 2 rings (SSSR count). The third-order valence-electron chi connectivity index (χ3n) is 3.37. The molecule has 0 aliphatic heterocycles. The largest absolute Gasteiger partial charge is 0.299 e. The van der Waals surface area contributed by atoms with Crippen molar-refractivity contribution in [3.05, 3.63) is 29.8 Å². The molecule has 3 heteroatoms. The number of hydrogen-bond donors (Lipinski definition) is 0. The zero-order valence-electron chi connectivity index (χ0n) is 10.1. The highest BCUT2D eigenvalue weighted by Crippen LogP contribution is 2.25. The molecule has 0 bridgehead atoms. The first-order valence-corrected chi connectivity index (χ1v) is 7.46. The van der Waals surface area contributed by atoms with Gasteiger partial charge in [0.1, 0.15) is 5.78 Å². The van der Waals surface area contributed by atoms with E-state index in [1.54, 1.807) is 0 Å². The van der Waals surface area contributed by atoms with Gasteiger partial charge >= 0.3 is 0 Å². The van der Waals surface area contributed by atoms with Crippen LogP contribution in [0.3, 0.4) is 0 Å². The van der Waals surface area contributed by atoms with Crippen molar-refractivity contribution >= 4 is 16.6 Å². The van der Waals surface area contributed by atoms with E-state index in [0.29, 0.717) is 11.5 Å². The standard InChI is InChI=1S/C14H18O2S/c1-11-5-7-13(8-6-11)17(16)10-9-12-3-2-4-14(12)15/h5-8,12H,2-4,9-10H2,1H3. The molecule has 1 fully saturated rings. The van der Waals surface area contributed by atoms with Crippen molar-refractivity contribution in [2.75, 3.05) is 5.75 Å². The Balaban J connectivity index is 1.89. The summed E-state index contributed by atoms with van der Waals surface area (Å²) in [5, 5.41) is 0. The van der Waals surface area contributed by atoms with E-state index in [1.807, 2.05) is 31.2 Å². The minimum atomic E-state index is -0.955. The molecular weight excluding hydrogens is 232 g/mol. The number of carbonyl (C=O) groups excluding carboxylic acids is 1. The van der Waals surface area contributed by atoms with Crippen molar-refractivity contribution in [2.24, 2.45) is 5.92 Å². The van der Waals surface area contributed by atoms with Crippen LogP contribution in [0.2, 0.25) is 0 Å². The van der Waals surface area contributed by atoms with Crippen molar-refractivity contribution in [2.45, 2.75) is 37.5 Å². The van der Waals surface area contributed by atoms with Crippen LogP contribution in [0.4, 0.5) is 0 Å². The lowest BCUT2D eigenvalue weighted by atomic mass is 10.1. The zero-order chi connectivity index (χ0) is 12.3. The number of rotatable bonds is 4. The molecule has 1 aromatic rings. The second-order valence-electron chi connectivity index (χ2n) is 4.71. The molecule has 17 heavy (non-hydrogen) atoms. The fourth-order valence-electron chi connectivity index (χ4n) is 2.25. The van der Waals surface area contributed by atoms with E-state index in [1.165, 1.54) is 5.56 Å². The molecule has 0 amide bonds. The van der Waals surface area contributed by atoms with Crippen LogP contribution in [0.5, 0.6) is 0 Å². The fourth-order valence-corrected chi connectivity index (χ4v) is 3.42. The van der Waals surface area contributed by atoms with Gasteiger partial charge in [0.15, 0.2) is 0 Å². The molecule has 1 aliphatic rings. The molecule has 0 radical (unpaired) electrons. The van der Waals surface area contributed by atoms with Crippen molar-refractivity contribution in [1.29, 1.82) is 0 Å². The number of benzene rings is 1. The second kappa shape index (κ2) is 5.58. The van der Waals surface area contributed by atoms with E-state index in [2.05, 4.69) is 0 Å². The van der Waals surface area contributed by atoms with Gasteiger partial charge in [-0.1, -0.05) is 17.7 Å². The Labute approximate surface area is 105 Å². The first kappa shape index (κ1) is 12.5. The van der Waals surface area contributed by atoms with E-state index >= 15 is 0 Å². The molecule has 1 saturated carbocycles. The Bertz CT molecular complexity index is 422. The van der Waals surface area contributed by atoms with Crippen LogP contribution in [-0.4, -0.2) is 15.7 Å². The lowest BCUT2D eigenvalue weighted by Gasteiger charge is -2.07.